The summed E-state index contributed by atoms with van der Waals surface area (Å²) in [5.74, 6) is 0. The van der Waals surface area contributed by atoms with Crippen molar-refractivity contribution in [3.05, 3.63) is 436 Å². The quantitative estimate of drug-likeness (QED) is 0.0749. The molecule has 6 heteroatoms. The van der Waals surface area contributed by atoms with Crippen LogP contribution in [0.3, 0.4) is 0 Å². The minimum absolute atomic E-state index is 0.270. The Morgan fingerprint density at radius 2 is 0.564 bits per heavy atom. The van der Waals surface area contributed by atoms with Crippen molar-refractivity contribution in [2.45, 2.75) is 13.8 Å². The fourth-order valence-corrected chi connectivity index (χ4v) is 28.1. The molecule has 0 aliphatic carbocycles. The summed E-state index contributed by atoms with van der Waals surface area (Å²) in [5, 5.41) is 13.0. The summed E-state index contributed by atoms with van der Waals surface area (Å²) >= 11 is 0. The third-order valence-electron chi connectivity index (χ3n) is 23.4. The molecular formula is C104H76BN3Si2. The highest BCUT2D eigenvalue weighted by Gasteiger charge is 2.48. The molecule has 0 saturated heterocycles. The van der Waals surface area contributed by atoms with Crippen molar-refractivity contribution in [1.82, 2.24) is 4.57 Å². The predicted molar refractivity (Wildman–Crippen MR) is 473 cm³/mol. The molecule has 0 amide bonds. The second-order valence-electron chi connectivity index (χ2n) is 29.6. The second-order valence-corrected chi connectivity index (χ2v) is 37.2. The Hall–Kier alpha value is -13.4. The number of hydrogen-bond donors (Lipinski definition) is 0. The van der Waals surface area contributed by atoms with Gasteiger partial charge >= 0.3 is 0 Å². The van der Waals surface area contributed by atoms with E-state index in [1.165, 1.54) is 113 Å². The molecule has 518 valence electrons. The van der Waals surface area contributed by atoms with Crippen molar-refractivity contribution < 1.29 is 0 Å². The molecule has 0 unspecified atom stereocenters. The molecule has 17 aromatic carbocycles. The van der Waals surface area contributed by atoms with Gasteiger partial charge in [0.15, 0.2) is 16.1 Å². The summed E-state index contributed by atoms with van der Waals surface area (Å²) < 4.78 is 2.58. The SMILES string of the molecule is Cc1ccc2c3c(C)cccc3n(-c3cc4c5c(c3)N(c3cccc([Si](c6ccccc6)(c6ccccc6)c6ccccc6)c3)c3ccc(-c6cccc(-c7ccccc7)c6)cc3B5c3cc(-c5cccc(-c6ccccc6)c5)ccc3N4c3cccc([Si](c4ccccc4)(c4ccccc4)c4ccccc4)c3)c2c1. The van der Waals surface area contributed by atoms with Gasteiger partial charge in [0.1, 0.15) is 0 Å². The molecule has 2 aliphatic heterocycles. The lowest BCUT2D eigenvalue weighted by atomic mass is 9.33. The standard InChI is InChI=1S/C104H76BN3Si2/c1-73-58-61-94-100(64-73)108(99-57-27-32-74(2)103(94)99)85-71-101-104-102(72-85)107(84-42-31-56-93(70-84)110(89-49-21-8-22-50-89,90-51-23-9-24-52-90)91-53-25-10-26-54-91)98-63-60-82(80-40-29-38-78(66-80)76-35-13-4-14-36-76)68-96(98)105(104)95-67-81(79-39-28-37-77(65-79)75-33-11-3-12-34-75)59-62-97(95)106(101)83-41-30-55-92(69-83)109(86-43-15-5-16-44-86,87-45-17-6-18-46-87)88-47-19-7-20-48-88/h3-72H,1-2H3. The maximum Gasteiger partial charge on any atom is 0.252 e. The lowest BCUT2D eigenvalue weighted by Crippen LogP contribution is -2.74. The van der Waals surface area contributed by atoms with E-state index in [0.717, 1.165) is 62.1 Å². The van der Waals surface area contributed by atoms with Gasteiger partial charge in [0.25, 0.3) is 6.71 Å². The van der Waals surface area contributed by atoms with Crippen LogP contribution in [0.25, 0.3) is 72.0 Å². The van der Waals surface area contributed by atoms with E-state index in [1.807, 2.05) is 0 Å². The van der Waals surface area contributed by atoms with E-state index in [1.54, 1.807) is 0 Å². The summed E-state index contributed by atoms with van der Waals surface area (Å²) in [7, 11) is -6.22. The van der Waals surface area contributed by atoms with Crippen molar-refractivity contribution >= 4 is 137 Å². The largest absolute Gasteiger partial charge is 0.311 e. The lowest BCUT2D eigenvalue weighted by molar-refractivity contribution is 1.16. The van der Waals surface area contributed by atoms with Crippen LogP contribution in [0.1, 0.15) is 11.1 Å². The molecule has 20 rings (SSSR count). The van der Waals surface area contributed by atoms with E-state index in [9.17, 15) is 0 Å². The van der Waals surface area contributed by atoms with Crippen LogP contribution >= 0.6 is 0 Å². The van der Waals surface area contributed by atoms with Crippen molar-refractivity contribution in [2.24, 2.45) is 0 Å². The van der Waals surface area contributed by atoms with Gasteiger partial charge in [-0.3, -0.25) is 0 Å². The van der Waals surface area contributed by atoms with Crippen LogP contribution < -0.4 is 67.7 Å². The van der Waals surface area contributed by atoms with E-state index < -0.39 is 16.1 Å². The zero-order valence-corrected chi connectivity index (χ0v) is 63.3. The molecule has 0 saturated carbocycles. The Morgan fingerprint density at radius 1 is 0.227 bits per heavy atom. The number of anilines is 6. The van der Waals surface area contributed by atoms with Crippen molar-refractivity contribution in [1.29, 1.82) is 0 Å². The second kappa shape index (κ2) is 27.5. The molecule has 110 heavy (non-hydrogen) atoms. The monoisotopic (exact) mass is 1430 g/mol. The molecule has 18 aromatic rings. The molecule has 3 heterocycles. The average molecular weight is 1430 g/mol. The highest BCUT2D eigenvalue weighted by Crippen LogP contribution is 2.48. The zero-order valence-electron chi connectivity index (χ0n) is 61.3. The van der Waals surface area contributed by atoms with E-state index in [-0.39, 0.29) is 6.71 Å². The van der Waals surface area contributed by atoms with Crippen LogP contribution in [0.15, 0.2) is 425 Å². The van der Waals surface area contributed by atoms with Gasteiger partial charge in [0.05, 0.1) is 16.7 Å². The first-order valence-corrected chi connectivity index (χ1v) is 42.3. The number of aromatic nitrogens is 1. The minimum atomic E-state index is -3.11. The lowest BCUT2D eigenvalue weighted by Gasteiger charge is -2.45. The van der Waals surface area contributed by atoms with Gasteiger partial charge in [-0.25, -0.2) is 0 Å². The number of aryl methyl sites for hydroxylation is 2. The van der Waals surface area contributed by atoms with E-state index in [0.29, 0.717) is 0 Å². The number of fused-ring (bicyclic) bond motifs is 7. The normalized spacial score (nSPS) is 12.4. The predicted octanol–water partition coefficient (Wildman–Crippen LogP) is 18.9. The van der Waals surface area contributed by atoms with Crippen LogP contribution in [0, 0.1) is 13.8 Å². The first kappa shape index (κ1) is 66.1. The molecule has 0 bridgehead atoms. The summed E-state index contributed by atoms with van der Waals surface area (Å²) in [6.45, 7) is 4.24. The number of rotatable bonds is 15. The van der Waals surface area contributed by atoms with Crippen LogP contribution in [-0.4, -0.2) is 27.4 Å². The van der Waals surface area contributed by atoms with Gasteiger partial charge in [-0.15, -0.1) is 0 Å². The number of hydrogen-bond acceptors (Lipinski definition) is 2. The van der Waals surface area contributed by atoms with Crippen molar-refractivity contribution in [3.63, 3.8) is 0 Å². The van der Waals surface area contributed by atoms with Crippen molar-refractivity contribution in [3.8, 4) is 50.2 Å². The number of nitrogens with zero attached hydrogens (tertiary/aromatic N) is 3. The average Bonchev–Trinajstić information content (AvgIpc) is 0.881. The minimum Gasteiger partial charge on any atom is -0.311 e. The third-order valence-corrected chi connectivity index (χ3v) is 32.9. The van der Waals surface area contributed by atoms with Crippen LogP contribution in [0.4, 0.5) is 34.1 Å². The van der Waals surface area contributed by atoms with Gasteiger partial charge in [0, 0.05) is 44.9 Å². The van der Waals surface area contributed by atoms with Gasteiger partial charge in [-0.05, 0) is 200 Å². The Bertz CT molecular complexity index is 5970. The molecule has 0 spiro atoms. The van der Waals surface area contributed by atoms with Gasteiger partial charge in [-0.2, -0.15) is 0 Å². The van der Waals surface area contributed by atoms with E-state index in [4.69, 9.17) is 0 Å². The molecule has 0 N–H and O–H groups in total. The first-order chi connectivity index (χ1) is 54.4. The molecule has 2 aliphatic rings. The molecule has 0 radical (unpaired) electrons. The maximum absolute atomic E-state index is 3.11. The molecule has 0 fully saturated rings. The first-order valence-electron chi connectivity index (χ1n) is 38.3. The molecular weight excluding hydrogens is 1360 g/mol. The van der Waals surface area contributed by atoms with Crippen molar-refractivity contribution in [2.75, 3.05) is 9.80 Å². The van der Waals surface area contributed by atoms with Crippen LogP contribution in [0.5, 0.6) is 0 Å². The summed E-state index contributed by atoms with van der Waals surface area (Å²) in [4.78, 5) is 5.33. The topological polar surface area (TPSA) is 11.4 Å². The summed E-state index contributed by atoms with van der Waals surface area (Å²) in [5.41, 5.74) is 25.6. The Labute approximate surface area is 646 Å². The third kappa shape index (κ3) is 10.9. The van der Waals surface area contributed by atoms with Gasteiger partial charge < -0.3 is 14.4 Å². The highest BCUT2D eigenvalue weighted by molar-refractivity contribution is 7.20. The Morgan fingerprint density at radius 3 is 0.964 bits per heavy atom. The fraction of sp³-hybridized carbons (Fsp3) is 0.0192. The fourth-order valence-electron chi connectivity index (χ4n) is 18.6. The summed E-state index contributed by atoms with van der Waals surface area (Å²) in [6, 6.07) is 161. The zero-order chi connectivity index (χ0) is 73.3. The molecule has 1 aromatic heterocycles. The summed E-state index contributed by atoms with van der Waals surface area (Å²) in [6.07, 6.45) is 0. The Balaban J connectivity index is 0.926. The highest BCUT2D eigenvalue weighted by atomic mass is 28.3. The van der Waals surface area contributed by atoms with E-state index >= 15 is 0 Å². The van der Waals surface area contributed by atoms with Crippen LogP contribution in [-0.2, 0) is 0 Å². The maximum atomic E-state index is 2.66. The van der Waals surface area contributed by atoms with E-state index in [2.05, 4.69) is 453 Å². The number of benzene rings is 17. The smallest absolute Gasteiger partial charge is 0.252 e. The molecule has 3 nitrogen and oxygen atoms in total. The Kier molecular flexibility index (Phi) is 16.5. The molecule has 0 atom stereocenters. The van der Waals surface area contributed by atoms with Crippen LogP contribution in [0.2, 0.25) is 0 Å². The van der Waals surface area contributed by atoms with Gasteiger partial charge in [0.2, 0.25) is 0 Å². The van der Waals surface area contributed by atoms with Gasteiger partial charge in [-0.1, -0.05) is 352 Å².